The highest BCUT2D eigenvalue weighted by atomic mass is 19.4. The number of morpholine rings is 2. The lowest BCUT2D eigenvalue weighted by Gasteiger charge is -2.39. The smallest absolute Gasteiger partial charge is 0.426 e. The Hall–Kier alpha value is -4.84. The van der Waals surface area contributed by atoms with E-state index in [0.717, 1.165) is 93.8 Å². The molecule has 0 saturated carbocycles. The summed E-state index contributed by atoms with van der Waals surface area (Å²) in [6, 6.07) is 10.7. The Morgan fingerprint density at radius 1 is 0.602 bits per heavy atom. The summed E-state index contributed by atoms with van der Waals surface area (Å²) in [6.07, 6.45) is -35.0. The van der Waals surface area contributed by atoms with Crippen LogP contribution in [-0.2, 0) is 38.6 Å². The number of hydrogen-bond donors (Lipinski definition) is 1. The van der Waals surface area contributed by atoms with Crippen LogP contribution in [0.3, 0.4) is 0 Å². The van der Waals surface area contributed by atoms with E-state index >= 15 is 0 Å². The molecule has 1 N–H and O–H groups in total. The third-order valence-electron chi connectivity index (χ3n) is 16.0. The molecule has 6 fully saturated rings. The third kappa shape index (κ3) is 19.3. The van der Waals surface area contributed by atoms with Gasteiger partial charge in [-0.15, -0.1) is 13.2 Å². The lowest BCUT2D eigenvalue weighted by molar-refractivity contribution is -0.309. The molecule has 2 amide bonds. The number of ether oxygens (including phenoxy) is 5. The van der Waals surface area contributed by atoms with Crippen molar-refractivity contribution in [3.63, 3.8) is 0 Å². The Morgan fingerprint density at radius 2 is 1.04 bits per heavy atom. The number of carbonyl (C=O) groups is 3. The van der Waals surface area contributed by atoms with Crippen LogP contribution in [0.15, 0.2) is 36.4 Å². The van der Waals surface area contributed by atoms with Gasteiger partial charge in [0.2, 0.25) is 0 Å². The van der Waals surface area contributed by atoms with E-state index in [-0.39, 0.29) is 53.7 Å². The van der Waals surface area contributed by atoms with Crippen molar-refractivity contribution in [3.8, 4) is 5.75 Å². The van der Waals surface area contributed by atoms with Gasteiger partial charge in [0.25, 0.3) is 12.2 Å². The van der Waals surface area contributed by atoms with E-state index in [1.807, 2.05) is 13.8 Å². The number of alkyl halides is 15. The van der Waals surface area contributed by atoms with E-state index in [0.29, 0.717) is 51.7 Å². The van der Waals surface area contributed by atoms with Crippen LogP contribution >= 0.6 is 0 Å². The molecule has 0 atom stereocenters. The van der Waals surface area contributed by atoms with Crippen LogP contribution in [-0.4, -0.2) is 189 Å². The first-order chi connectivity index (χ1) is 38.3. The van der Waals surface area contributed by atoms with Crippen molar-refractivity contribution < 1.29 is 104 Å². The molecular weight excluding hydrogens is 1150 g/mol. The molecule has 2 spiro atoms. The highest BCUT2D eigenvalue weighted by molar-refractivity contribution is 5.79. The Kier molecular flexibility index (Phi) is 21.4. The maximum atomic E-state index is 12.8. The fourth-order valence-corrected chi connectivity index (χ4v) is 11.7. The van der Waals surface area contributed by atoms with Crippen LogP contribution in [0.1, 0.15) is 98.8 Å². The second-order valence-corrected chi connectivity index (χ2v) is 23.5. The van der Waals surface area contributed by atoms with E-state index in [2.05, 4.69) is 73.2 Å². The fraction of sp³-hybridized carbons (Fsp3) is 0.722. The summed E-state index contributed by atoms with van der Waals surface area (Å²) in [4.78, 5) is 43.6. The molecule has 8 rings (SSSR count). The van der Waals surface area contributed by atoms with Gasteiger partial charge in [-0.05, 0) is 118 Å². The predicted octanol–water partition coefficient (Wildman–Crippen LogP) is 11.2. The molecule has 29 heteroatoms. The van der Waals surface area contributed by atoms with Crippen LogP contribution in [0.2, 0.25) is 0 Å². The zero-order chi connectivity index (χ0) is 61.6. The lowest BCUT2D eigenvalue weighted by atomic mass is 9.74. The van der Waals surface area contributed by atoms with E-state index < -0.39 is 61.2 Å². The molecule has 6 aliphatic heterocycles. The fourth-order valence-electron chi connectivity index (χ4n) is 11.7. The van der Waals surface area contributed by atoms with Gasteiger partial charge in [0.15, 0.2) is 6.29 Å². The molecule has 0 aromatic heterocycles. The Labute approximate surface area is 471 Å². The first-order valence-electron chi connectivity index (χ1n) is 27.0. The van der Waals surface area contributed by atoms with E-state index in [9.17, 15) is 80.2 Å². The van der Waals surface area contributed by atoms with Crippen molar-refractivity contribution in [1.29, 1.82) is 0 Å². The number of piperidine rings is 2. The number of amides is 2. The predicted molar refractivity (Wildman–Crippen MR) is 269 cm³/mol. The molecule has 0 bridgehead atoms. The van der Waals surface area contributed by atoms with E-state index in [1.54, 1.807) is 0 Å². The number of aldehydes is 1. The van der Waals surface area contributed by atoms with Crippen LogP contribution in [0.25, 0.3) is 0 Å². The Morgan fingerprint density at radius 3 is 1.45 bits per heavy atom. The standard InChI is InChI=1S/C27H37F6N3O3.C14H20F6N2O2.C13H14F3NO3/c1-19-4-5-20(15-34-10-12-38-13-11-34)14-21(19)16-36-18-25(17-24(36,2)3)6-8-35(9-7-25)23(37)39-22(26(28,29)30)27(31,32)33;1-11(2)7-12(8-21-11)3-5-22(6-4-12)10(23)24-9(13(15,16)17)14(18,19)20;14-13(15,16)20-12-2-1-10(7-11(12)9-18)8-17-3-5-19-6-4-17/h4-5,14,22H,6-13,15-18H2,1-3H3;9,21H,3-8H2,1-2H3;1-2,7,9H,3-6,8H2. The normalized spacial score (nSPS) is 21.6. The van der Waals surface area contributed by atoms with Crippen molar-refractivity contribution in [2.75, 3.05) is 91.9 Å². The molecule has 0 aliphatic carbocycles. The van der Waals surface area contributed by atoms with Gasteiger partial charge in [0.05, 0.1) is 32.0 Å². The molecule has 2 aromatic carbocycles. The first kappa shape index (κ1) is 67.3. The molecule has 14 nitrogen and oxygen atoms in total. The van der Waals surface area contributed by atoms with Crippen LogP contribution in [0.5, 0.6) is 5.75 Å². The van der Waals surface area contributed by atoms with Gasteiger partial charge in [0.1, 0.15) is 5.75 Å². The van der Waals surface area contributed by atoms with Crippen LogP contribution < -0.4 is 10.1 Å². The summed E-state index contributed by atoms with van der Waals surface area (Å²) in [6.45, 7) is 20.4. The van der Waals surface area contributed by atoms with Crippen LogP contribution in [0, 0.1) is 17.8 Å². The molecule has 6 heterocycles. The minimum Gasteiger partial charge on any atom is -0.426 e. The lowest BCUT2D eigenvalue weighted by Crippen LogP contribution is -2.50. The van der Waals surface area contributed by atoms with Crippen LogP contribution in [0.4, 0.5) is 75.4 Å². The summed E-state index contributed by atoms with van der Waals surface area (Å²) in [5, 5.41) is 3.34. The number of nitrogens with zero attached hydrogens (tertiary/aromatic N) is 5. The zero-order valence-electron chi connectivity index (χ0n) is 46.6. The summed E-state index contributed by atoms with van der Waals surface area (Å²) >= 11 is 0. The summed E-state index contributed by atoms with van der Waals surface area (Å²) in [5.41, 5.74) is 3.86. The largest absolute Gasteiger partial charge is 0.573 e. The molecule has 0 radical (unpaired) electrons. The Bertz CT molecular complexity index is 2450. The van der Waals surface area contributed by atoms with E-state index in [4.69, 9.17) is 9.47 Å². The first-order valence-corrected chi connectivity index (χ1v) is 27.0. The number of carbonyl (C=O) groups excluding carboxylic acids is 3. The van der Waals surface area contributed by atoms with Crippen molar-refractivity contribution in [1.82, 2.24) is 29.8 Å². The average Bonchev–Trinajstić information content (AvgIpc) is 2.15. The number of likely N-dealkylation sites (tertiary alicyclic amines) is 3. The quantitative estimate of drug-likeness (QED) is 0.180. The summed E-state index contributed by atoms with van der Waals surface area (Å²) < 4.78 is 210. The number of aryl methyl sites for hydroxylation is 1. The van der Waals surface area contributed by atoms with Gasteiger partial charge in [-0.25, -0.2) is 9.59 Å². The minimum atomic E-state index is -5.72. The maximum Gasteiger partial charge on any atom is 0.573 e. The molecule has 470 valence electrons. The van der Waals surface area contributed by atoms with Gasteiger partial charge >= 0.3 is 43.3 Å². The van der Waals surface area contributed by atoms with Gasteiger partial charge in [-0.2, -0.15) is 52.7 Å². The summed E-state index contributed by atoms with van der Waals surface area (Å²) in [5.74, 6) is -0.474. The number of halogens is 15. The number of nitrogens with one attached hydrogen (secondary N) is 1. The highest BCUT2D eigenvalue weighted by Gasteiger charge is 2.62. The highest BCUT2D eigenvalue weighted by Crippen LogP contribution is 2.49. The zero-order valence-corrected chi connectivity index (χ0v) is 46.6. The van der Waals surface area contributed by atoms with Crippen molar-refractivity contribution in [2.24, 2.45) is 10.8 Å². The average molecular weight is 1220 g/mol. The minimum absolute atomic E-state index is 0.0548. The second kappa shape index (κ2) is 26.4. The van der Waals surface area contributed by atoms with Gasteiger partial charge < -0.3 is 38.8 Å². The molecule has 6 saturated heterocycles. The topological polar surface area (TPSA) is 126 Å². The maximum absolute atomic E-state index is 12.8. The Balaban J connectivity index is 0.000000215. The van der Waals surface area contributed by atoms with Crippen molar-refractivity contribution >= 4 is 18.5 Å². The molecule has 83 heavy (non-hydrogen) atoms. The van der Waals surface area contributed by atoms with Crippen molar-refractivity contribution in [2.45, 2.75) is 147 Å². The monoisotopic (exact) mass is 1220 g/mol. The molecule has 6 aliphatic rings. The summed E-state index contributed by atoms with van der Waals surface area (Å²) in [7, 11) is 0. The van der Waals surface area contributed by atoms with E-state index in [1.165, 1.54) is 34.9 Å². The molecule has 0 unspecified atom stereocenters. The number of hydrogen-bond acceptors (Lipinski definition) is 12. The SMILES string of the molecule is CC1(C)CC2(CCN(C(=O)OC(C(F)(F)F)C(F)(F)F)CC2)CN1.Cc1ccc(CN2CCOCC2)cc1CN1CC2(CCN(C(=O)OC(C(F)(F)F)C(F)(F)F)CC2)CC1(C)C.O=Cc1cc(CN2CCOCC2)ccc1OC(F)(F)F. The third-order valence-corrected chi connectivity index (χ3v) is 16.0. The second-order valence-electron chi connectivity index (χ2n) is 23.5. The molecular formula is C54H71F15N6O8. The van der Waals surface area contributed by atoms with Crippen molar-refractivity contribution in [3.05, 3.63) is 64.2 Å². The van der Waals surface area contributed by atoms with Gasteiger partial charge in [0, 0.05) is 96.2 Å². The number of benzene rings is 2. The molecule has 2 aromatic rings. The number of rotatable bonds is 10. The van der Waals surface area contributed by atoms with Gasteiger partial charge in [-0.3, -0.25) is 19.5 Å². The van der Waals surface area contributed by atoms with Gasteiger partial charge in [-0.1, -0.05) is 24.3 Å².